The van der Waals surface area contributed by atoms with Gasteiger partial charge in [-0.25, -0.2) is 0 Å². The van der Waals surface area contributed by atoms with E-state index in [1.807, 2.05) is 6.07 Å². The number of benzene rings is 2. The van der Waals surface area contributed by atoms with Crippen LogP contribution in [0.1, 0.15) is 30.4 Å². The Bertz CT molecular complexity index is 970. The standard InChI is InChI=1S/C19H21N3O3S.ClH/c23-17-9-8-15(12-14(17)13-22-10-4-1-5-11-22)20-19-16-6-2-3-7-18(16)26(24,25)21-19;/h2-3,6-9,12,23H,1,4-5,10-11,13H2,(H,20,21);1H. The zero-order valence-corrected chi connectivity index (χ0v) is 16.4. The molecule has 1 saturated heterocycles. The lowest BCUT2D eigenvalue weighted by molar-refractivity contribution is 0.218. The summed E-state index contributed by atoms with van der Waals surface area (Å²) in [5.74, 6) is 0.567. The molecule has 2 aliphatic rings. The molecule has 0 bridgehead atoms. The number of anilines is 1. The van der Waals surface area contributed by atoms with Gasteiger partial charge in [-0.1, -0.05) is 18.6 Å². The number of amidine groups is 1. The molecule has 0 spiro atoms. The van der Waals surface area contributed by atoms with Crippen LogP contribution in [0.15, 0.2) is 51.8 Å². The quantitative estimate of drug-likeness (QED) is 0.762. The molecule has 8 heteroatoms. The van der Waals surface area contributed by atoms with Gasteiger partial charge in [0, 0.05) is 23.4 Å². The Labute approximate surface area is 165 Å². The van der Waals surface area contributed by atoms with Gasteiger partial charge in [0.2, 0.25) is 0 Å². The number of hydrogen-bond acceptors (Lipinski definition) is 5. The van der Waals surface area contributed by atoms with Crippen LogP contribution in [0, 0.1) is 0 Å². The smallest absolute Gasteiger partial charge is 0.285 e. The van der Waals surface area contributed by atoms with Crippen molar-refractivity contribution in [2.75, 3.05) is 18.4 Å². The van der Waals surface area contributed by atoms with Gasteiger partial charge in [-0.15, -0.1) is 16.8 Å². The van der Waals surface area contributed by atoms with E-state index in [1.165, 1.54) is 19.3 Å². The van der Waals surface area contributed by atoms with E-state index in [-0.39, 0.29) is 23.1 Å². The number of aromatic hydroxyl groups is 1. The molecule has 4 rings (SSSR count). The summed E-state index contributed by atoms with van der Waals surface area (Å²) in [4.78, 5) is 2.55. The van der Waals surface area contributed by atoms with Crippen molar-refractivity contribution in [1.82, 2.24) is 4.90 Å². The van der Waals surface area contributed by atoms with Crippen LogP contribution >= 0.6 is 12.4 Å². The number of rotatable bonds is 3. The summed E-state index contributed by atoms with van der Waals surface area (Å²) >= 11 is 0. The number of hydrogen-bond donors (Lipinski definition) is 2. The first-order chi connectivity index (χ1) is 12.5. The molecule has 2 aliphatic heterocycles. The highest BCUT2D eigenvalue weighted by Crippen LogP contribution is 2.29. The Kier molecular flexibility index (Phi) is 5.74. The second kappa shape index (κ2) is 7.88. The fourth-order valence-electron chi connectivity index (χ4n) is 3.48. The van der Waals surface area contributed by atoms with Crippen molar-refractivity contribution in [3.63, 3.8) is 0 Å². The van der Waals surface area contributed by atoms with Crippen LogP contribution < -0.4 is 5.32 Å². The molecule has 2 aromatic carbocycles. The number of phenols is 1. The minimum atomic E-state index is -3.65. The highest BCUT2D eigenvalue weighted by Gasteiger charge is 2.28. The number of fused-ring (bicyclic) bond motifs is 1. The lowest BCUT2D eigenvalue weighted by atomic mass is 10.1. The highest BCUT2D eigenvalue weighted by molar-refractivity contribution is 7.90. The molecular weight excluding hydrogens is 386 g/mol. The minimum absolute atomic E-state index is 0. The van der Waals surface area contributed by atoms with Crippen LogP contribution in [0.25, 0.3) is 0 Å². The SMILES string of the molecule is Cl.O=S1(=O)N=C(Nc2ccc(O)c(CN3CCCCC3)c2)c2ccccc21. The molecule has 0 aromatic heterocycles. The molecule has 0 aliphatic carbocycles. The molecule has 27 heavy (non-hydrogen) atoms. The van der Waals surface area contributed by atoms with E-state index in [2.05, 4.69) is 14.6 Å². The topological polar surface area (TPSA) is 82.0 Å². The number of nitrogens with zero attached hydrogens (tertiary/aromatic N) is 2. The summed E-state index contributed by atoms with van der Waals surface area (Å²) in [5, 5.41) is 13.3. The van der Waals surface area contributed by atoms with Crippen LogP contribution in [0.3, 0.4) is 0 Å². The summed E-state index contributed by atoms with van der Waals surface area (Å²) in [6.45, 7) is 2.76. The molecule has 0 amide bonds. The Morgan fingerprint density at radius 2 is 1.81 bits per heavy atom. The van der Waals surface area contributed by atoms with Gasteiger partial charge < -0.3 is 10.4 Å². The second-order valence-electron chi connectivity index (χ2n) is 6.72. The van der Waals surface area contributed by atoms with E-state index in [1.54, 1.807) is 36.4 Å². The average Bonchev–Trinajstić information content (AvgIpc) is 2.90. The molecule has 0 atom stereocenters. The number of likely N-dealkylation sites (tertiary alicyclic amines) is 1. The highest BCUT2D eigenvalue weighted by atomic mass is 35.5. The Balaban J connectivity index is 0.00000210. The first-order valence-electron chi connectivity index (χ1n) is 8.78. The van der Waals surface area contributed by atoms with E-state index in [0.717, 1.165) is 18.7 Å². The zero-order valence-electron chi connectivity index (χ0n) is 14.8. The summed E-state index contributed by atoms with van der Waals surface area (Å²) in [6, 6.07) is 12.0. The molecule has 2 N–H and O–H groups in total. The number of phenolic OH excluding ortho intramolecular Hbond substituents is 1. The Morgan fingerprint density at radius 3 is 2.59 bits per heavy atom. The first kappa shape index (κ1) is 19.7. The summed E-state index contributed by atoms with van der Waals surface area (Å²) in [6.07, 6.45) is 3.63. The monoisotopic (exact) mass is 407 g/mol. The van der Waals surface area contributed by atoms with Gasteiger partial charge in [0.1, 0.15) is 10.6 Å². The summed E-state index contributed by atoms with van der Waals surface area (Å²) in [7, 11) is -3.65. The van der Waals surface area contributed by atoms with E-state index in [4.69, 9.17) is 0 Å². The maximum absolute atomic E-state index is 12.2. The second-order valence-corrected chi connectivity index (χ2v) is 8.29. The van der Waals surface area contributed by atoms with Crippen LogP contribution in [-0.4, -0.2) is 37.3 Å². The third-order valence-corrected chi connectivity index (χ3v) is 6.15. The fraction of sp³-hybridized carbons (Fsp3) is 0.316. The van der Waals surface area contributed by atoms with E-state index in [0.29, 0.717) is 23.6 Å². The van der Waals surface area contributed by atoms with Gasteiger partial charge in [-0.05, 0) is 56.3 Å². The minimum Gasteiger partial charge on any atom is -0.508 e. The van der Waals surface area contributed by atoms with E-state index >= 15 is 0 Å². The third-order valence-electron chi connectivity index (χ3n) is 4.82. The van der Waals surface area contributed by atoms with Crippen molar-refractivity contribution in [2.45, 2.75) is 30.7 Å². The normalized spacial score (nSPS) is 18.3. The molecule has 0 saturated carbocycles. The predicted octanol–water partition coefficient (Wildman–Crippen LogP) is 3.36. The van der Waals surface area contributed by atoms with Gasteiger partial charge in [0.25, 0.3) is 10.0 Å². The number of piperidine rings is 1. The van der Waals surface area contributed by atoms with Crippen LogP contribution in [0.2, 0.25) is 0 Å². The molecule has 1 fully saturated rings. The molecule has 2 heterocycles. The van der Waals surface area contributed by atoms with Crippen molar-refractivity contribution in [1.29, 1.82) is 0 Å². The lowest BCUT2D eigenvalue weighted by Crippen LogP contribution is -2.29. The first-order valence-corrected chi connectivity index (χ1v) is 10.2. The molecule has 2 aromatic rings. The number of nitrogens with one attached hydrogen (secondary N) is 1. The van der Waals surface area contributed by atoms with Crippen molar-refractivity contribution < 1.29 is 13.5 Å². The molecular formula is C19H22ClN3O3S. The van der Waals surface area contributed by atoms with Crippen LogP contribution in [-0.2, 0) is 16.6 Å². The number of sulfonamides is 1. The van der Waals surface area contributed by atoms with Crippen LogP contribution in [0.5, 0.6) is 5.75 Å². The maximum atomic E-state index is 12.2. The summed E-state index contributed by atoms with van der Waals surface area (Å²) in [5.41, 5.74) is 2.10. The molecule has 6 nitrogen and oxygen atoms in total. The van der Waals surface area contributed by atoms with Gasteiger partial charge in [0.15, 0.2) is 5.84 Å². The Hall–Kier alpha value is -2.09. The maximum Gasteiger partial charge on any atom is 0.285 e. The number of halogens is 1. The van der Waals surface area contributed by atoms with Crippen molar-refractivity contribution in [3.8, 4) is 5.75 Å². The van der Waals surface area contributed by atoms with Gasteiger partial charge in [-0.3, -0.25) is 4.90 Å². The van der Waals surface area contributed by atoms with Gasteiger partial charge in [-0.2, -0.15) is 8.42 Å². The largest absolute Gasteiger partial charge is 0.508 e. The predicted molar refractivity (Wildman–Crippen MR) is 108 cm³/mol. The fourth-order valence-corrected chi connectivity index (χ4v) is 4.66. The zero-order chi connectivity index (χ0) is 18.1. The Morgan fingerprint density at radius 1 is 1.07 bits per heavy atom. The van der Waals surface area contributed by atoms with E-state index < -0.39 is 10.0 Å². The third kappa shape index (κ3) is 4.10. The summed E-state index contributed by atoms with van der Waals surface area (Å²) < 4.78 is 28.2. The van der Waals surface area contributed by atoms with E-state index in [9.17, 15) is 13.5 Å². The molecule has 0 unspecified atom stereocenters. The van der Waals surface area contributed by atoms with Gasteiger partial charge >= 0.3 is 0 Å². The van der Waals surface area contributed by atoms with Gasteiger partial charge in [0.05, 0.1) is 0 Å². The van der Waals surface area contributed by atoms with Crippen molar-refractivity contribution in [3.05, 3.63) is 53.6 Å². The van der Waals surface area contributed by atoms with Crippen LogP contribution in [0.4, 0.5) is 5.69 Å². The van der Waals surface area contributed by atoms with Crippen molar-refractivity contribution >= 4 is 34.0 Å². The molecule has 144 valence electrons. The molecule has 0 radical (unpaired) electrons. The average molecular weight is 408 g/mol. The lowest BCUT2D eigenvalue weighted by Gasteiger charge is -2.26. The van der Waals surface area contributed by atoms with Crippen molar-refractivity contribution in [2.24, 2.45) is 4.40 Å².